The predicted molar refractivity (Wildman–Crippen MR) is 375 cm³/mol. The maximum atomic E-state index is 14.5. The summed E-state index contributed by atoms with van der Waals surface area (Å²) in [6.07, 6.45) is 23.3. The number of rotatable bonds is 37. The Bertz CT molecular complexity index is 2720. The molecule has 6 saturated carbocycles. The Morgan fingerprint density at radius 1 is 0.357 bits per heavy atom. The highest BCUT2D eigenvalue weighted by molar-refractivity contribution is 5.88. The molecule has 0 aromatic heterocycles. The van der Waals surface area contributed by atoms with E-state index in [1.165, 1.54) is 0 Å². The smallest absolute Gasteiger partial charge is 0.225 e. The molecule has 6 aliphatic rings. The third-order valence-electron chi connectivity index (χ3n) is 21.9. The fraction of sp³-hybridized carbons (Fsp3) is 0.781. The van der Waals surface area contributed by atoms with Gasteiger partial charge in [0.2, 0.25) is 59.1 Å². The van der Waals surface area contributed by atoms with Crippen molar-refractivity contribution in [3.8, 4) is 5.75 Å². The molecule has 0 unspecified atom stereocenters. The molecule has 16 atom stereocenters. The van der Waals surface area contributed by atoms with E-state index in [1.54, 1.807) is 24.3 Å². The molecule has 1 aromatic carbocycles. The van der Waals surface area contributed by atoms with Gasteiger partial charge in [0.1, 0.15) is 5.75 Å². The van der Waals surface area contributed by atoms with Gasteiger partial charge in [0.15, 0.2) is 0 Å². The van der Waals surface area contributed by atoms with Crippen molar-refractivity contribution in [2.24, 2.45) is 64.2 Å². The first-order valence-corrected chi connectivity index (χ1v) is 37.9. The lowest BCUT2D eigenvalue weighted by Crippen LogP contribution is -2.56. The number of carbonyl (C=O) groups excluding carboxylic acids is 10. The van der Waals surface area contributed by atoms with Crippen LogP contribution in [0, 0.1) is 35.5 Å². The van der Waals surface area contributed by atoms with E-state index >= 15 is 0 Å². The summed E-state index contributed by atoms with van der Waals surface area (Å²) < 4.78 is 0. The van der Waals surface area contributed by atoms with Crippen molar-refractivity contribution in [1.29, 1.82) is 0 Å². The summed E-state index contributed by atoms with van der Waals surface area (Å²) in [5.41, 5.74) is 30.4. The van der Waals surface area contributed by atoms with Crippen LogP contribution in [0.5, 0.6) is 5.75 Å². The van der Waals surface area contributed by atoms with Gasteiger partial charge < -0.3 is 81.6 Å². The molecule has 25 heteroatoms. The molecule has 0 spiro atoms. The summed E-state index contributed by atoms with van der Waals surface area (Å²) in [6.45, 7) is 1.40. The van der Waals surface area contributed by atoms with Gasteiger partial charge >= 0.3 is 0 Å². The highest BCUT2D eigenvalue weighted by Crippen LogP contribution is 2.33. The summed E-state index contributed by atoms with van der Waals surface area (Å²) in [5.74, 6) is -5.51. The summed E-state index contributed by atoms with van der Waals surface area (Å²) in [6, 6.07) is 2.20. The van der Waals surface area contributed by atoms with Crippen LogP contribution in [-0.4, -0.2) is 144 Å². The molecule has 0 heterocycles. The molecule has 0 radical (unpaired) electrons. The number of hydrogen-bond acceptors (Lipinski definition) is 15. The molecular weight excluding hydrogens is 1250 g/mol. The maximum absolute atomic E-state index is 14.5. The molecule has 0 saturated heterocycles. The SMILES string of the molecule is NCCCC[C@@H](CC(N)=O)NC(=O)[C@H]1CCCC[C@@H]1NC(=O)[C@H]1CCCC[C@@H]1NC(=O)C[C@H](CCCCN)NC(=O)[C@H]1CCCC[C@@H]1NC(=O)[C@H]1CCCC[C@@H]1NC(=O)C[C@H](CCCCN)NC(=O)[C@H]1CCCC[C@@H]1NC(=O)[C@H]1CCCC[C@@H]1NC(=O)C[C@@H](N)Cc1ccc(O)cc1. The fourth-order valence-electron chi connectivity index (χ4n) is 16.5. The second kappa shape index (κ2) is 42.0. The molecule has 1 aromatic rings. The van der Waals surface area contributed by atoms with E-state index in [1.807, 2.05) is 0 Å². The first-order chi connectivity index (χ1) is 47.3. The van der Waals surface area contributed by atoms with Crippen molar-refractivity contribution < 1.29 is 53.1 Å². The number of unbranched alkanes of at least 4 members (excludes halogenated alkanes) is 3. The first kappa shape index (κ1) is 78.9. The number of nitrogens with two attached hydrogens (primary N) is 5. The Labute approximate surface area is 581 Å². The molecule has 98 heavy (non-hydrogen) atoms. The van der Waals surface area contributed by atoms with E-state index in [2.05, 4.69) is 47.9 Å². The number of benzene rings is 1. The summed E-state index contributed by atoms with van der Waals surface area (Å²) in [7, 11) is 0. The Kier molecular flexibility index (Phi) is 33.8. The largest absolute Gasteiger partial charge is 0.508 e. The topological polar surface area (TPSA) is 429 Å². The average molecular weight is 1370 g/mol. The van der Waals surface area contributed by atoms with Gasteiger partial charge in [-0.2, -0.15) is 0 Å². The summed E-state index contributed by atoms with van der Waals surface area (Å²) >= 11 is 0. The lowest BCUT2D eigenvalue weighted by molar-refractivity contribution is -0.134. The van der Waals surface area contributed by atoms with Gasteiger partial charge in [0.05, 0.1) is 35.5 Å². The van der Waals surface area contributed by atoms with Crippen LogP contribution in [0.2, 0.25) is 0 Å². The van der Waals surface area contributed by atoms with Gasteiger partial charge in [0, 0.05) is 86.1 Å². The van der Waals surface area contributed by atoms with Crippen LogP contribution in [0.4, 0.5) is 0 Å². The standard InChI is InChI=1S/C73H122N14O11/c74-38-16-13-19-48(43-64(78)89)79-68(93)55-25-4-10-31-61(55)85-72(97)53-23-2-8-29-59(53)83-66(91)45-50(21-15-18-40-76)81-70(95)57-27-6-12-33-63(57)87-73(98)54-24-3-9-30-60(54)84-67(92)44-49(20-14-17-39-75)80-69(94)56-26-5-11-32-62(56)86-71(96)52-22-1-7-28-58(52)82-65(90)42-47(77)41-46-34-36-51(88)37-35-46/h34-37,47-50,52-63,88H,1-33,38-45,74-77H2,(H2,78,89)(H,79,93)(H,80,94)(H,81,95)(H,82,90)(H,83,91)(H,84,92)(H,85,97)(H,86,96)(H,87,98)/t47-,48-,49-,50-,52-,53-,54-,55-,56-,57-,58-,59-,60-,61-,62-,63-/m0/s1. The Morgan fingerprint density at radius 2 is 0.622 bits per heavy atom. The van der Waals surface area contributed by atoms with Crippen molar-refractivity contribution in [3.05, 3.63) is 29.8 Å². The van der Waals surface area contributed by atoms with Gasteiger partial charge in [-0.25, -0.2) is 0 Å². The molecular formula is C73H122N14O11. The fourth-order valence-corrected chi connectivity index (χ4v) is 16.5. The van der Waals surface area contributed by atoms with Crippen molar-refractivity contribution in [2.45, 2.75) is 304 Å². The van der Waals surface area contributed by atoms with Crippen LogP contribution >= 0.6 is 0 Å². The van der Waals surface area contributed by atoms with Crippen LogP contribution in [0.25, 0.3) is 0 Å². The number of hydrogen-bond donors (Lipinski definition) is 15. The Balaban J connectivity index is 0.911. The molecule has 20 N–H and O–H groups in total. The second-order valence-corrected chi connectivity index (χ2v) is 29.6. The number of aromatic hydroxyl groups is 1. The number of phenols is 1. The molecule has 25 nitrogen and oxygen atoms in total. The lowest BCUT2D eigenvalue weighted by Gasteiger charge is -2.37. The normalized spacial score (nSPS) is 27.0. The van der Waals surface area contributed by atoms with Gasteiger partial charge in [-0.05, 0) is 159 Å². The van der Waals surface area contributed by atoms with Gasteiger partial charge in [0.25, 0.3) is 0 Å². The minimum absolute atomic E-state index is 0.0127. The highest BCUT2D eigenvalue weighted by Gasteiger charge is 2.42. The molecule has 10 amide bonds. The maximum Gasteiger partial charge on any atom is 0.225 e. The number of primary amides is 1. The summed E-state index contributed by atoms with van der Waals surface area (Å²) in [4.78, 5) is 139. The zero-order chi connectivity index (χ0) is 70.3. The zero-order valence-corrected chi connectivity index (χ0v) is 58.5. The Hall–Kier alpha value is -6.44. The molecule has 0 bridgehead atoms. The van der Waals surface area contributed by atoms with Crippen molar-refractivity contribution >= 4 is 59.1 Å². The minimum Gasteiger partial charge on any atom is -0.508 e. The predicted octanol–water partition coefficient (Wildman–Crippen LogP) is 4.20. The van der Waals surface area contributed by atoms with Crippen LogP contribution in [0.3, 0.4) is 0 Å². The van der Waals surface area contributed by atoms with Gasteiger partial charge in [-0.1, -0.05) is 108 Å². The molecule has 7 rings (SSSR count). The number of phenolic OH excluding ortho intramolecular Hbond substituents is 1. The van der Waals surface area contributed by atoms with Crippen LogP contribution in [0.1, 0.15) is 243 Å². The third-order valence-corrected chi connectivity index (χ3v) is 21.9. The van der Waals surface area contributed by atoms with Gasteiger partial charge in [-0.3, -0.25) is 47.9 Å². The van der Waals surface area contributed by atoms with Crippen LogP contribution < -0.4 is 76.5 Å². The zero-order valence-electron chi connectivity index (χ0n) is 58.5. The van der Waals surface area contributed by atoms with Crippen LogP contribution in [-0.2, 0) is 54.4 Å². The highest BCUT2D eigenvalue weighted by atomic mass is 16.3. The van der Waals surface area contributed by atoms with Gasteiger partial charge in [-0.15, -0.1) is 0 Å². The second-order valence-electron chi connectivity index (χ2n) is 29.6. The molecule has 6 fully saturated rings. The van der Waals surface area contributed by atoms with E-state index in [0.717, 1.165) is 95.5 Å². The lowest BCUT2D eigenvalue weighted by atomic mass is 9.80. The average Bonchev–Trinajstić information content (AvgIpc) is 0.863. The molecule has 0 aliphatic heterocycles. The number of carbonyl (C=O) groups is 10. The van der Waals surface area contributed by atoms with E-state index < -0.39 is 95.8 Å². The van der Waals surface area contributed by atoms with E-state index in [4.69, 9.17) is 28.7 Å². The van der Waals surface area contributed by atoms with Crippen LogP contribution in [0.15, 0.2) is 24.3 Å². The van der Waals surface area contributed by atoms with Crippen molar-refractivity contribution in [3.63, 3.8) is 0 Å². The van der Waals surface area contributed by atoms with E-state index in [9.17, 15) is 53.1 Å². The molecule has 6 aliphatic carbocycles. The van der Waals surface area contributed by atoms with Crippen molar-refractivity contribution in [1.82, 2.24) is 47.9 Å². The minimum atomic E-state index is -0.557. The number of nitrogens with one attached hydrogen (secondary N) is 9. The van der Waals surface area contributed by atoms with E-state index in [0.29, 0.717) is 148 Å². The van der Waals surface area contributed by atoms with Crippen molar-refractivity contribution in [2.75, 3.05) is 19.6 Å². The first-order valence-electron chi connectivity index (χ1n) is 37.9. The Morgan fingerprint density at radius 3 is 0.918 bits per heavy atom. The summed E-state index contributed by atoms with van der Waals surface area (Å²) in [5, 5.41) is 38.3. The van der Waals surface area contributed by atoms with E-state index in [-0.39, 0.29) is 90.6 Å². The number of amides is 10. The monoisotopic (exact) mass is 1370 g/mol. The quantitative estimate of drug-likeness (QED) is 0.0415. The molecule has 550 valence electrons. The third kappa shape index (κ3) is 25.9.